The maximum Gasteiger partial charge on any atom is 0.325 e. The summed E-state index contributed by atoms with van der Waals surface area (Å²) in [5, 5.41) is 20.8. The monoisotopic (exact) mass is 294 g/mol. The number of carbonyl (C=O) groups excluding carboxylic acids is 2. The van der Waals surface area contributed by atoms with Gasteiger partial charge in [-0.05, 0) is 18.9 Å². The number of hydroxylamine groups is 2. The Morgan fingerprint density at radius 1 is 1.33 bits per heavy atom. The molecule has 0 spiro atoms. The predicted octanol–water partition coefficient (Wildman–Crippen LogP) is 0.282. The van der Waals surface area contributed by atoms with Crippen LogP contribution in [0, 0.1) is 5.92 Å². The van der Waals surface area contributed by atoms with E-state index in [1.807, 2.05) is 18.2 Å². The van der Waals surface area contributed by atoms with Gasteiger partial charge < -0.3 is 10.4 Å². The molecule has 0 heterocycles. The Hall–Kier alpha value is -2.41. The van der Waals surface area contributed by atoms with Crippen molar-refractivity contribution in [1.82, 2.24) is 10.4 Å². The number of amides is 2. The van der Waals surface area contributed by atoms with Crippen LogP contribution in [-0.4, -0.2) is 46.3 Å². The fourth-order valence-corrected chi connectivity index (χ4v) is 1.80. The SMILES string of the molecule is C[C@H](NC(=O)[C@@H](Cc1ccccc1)CN(O)C=O)C(=O)O. The van der Waals surface area contributed by atoms with Crippen LogP contribution in [0.15, 0.2) is 30.3 Å². The number of carboxylic acids is 1. The molecule has 0 aliphatic carbocycles. The van der Waals surface area contributed by atoms with Crippen LogP contribution in [0.1, 0.15) is 12.5 Å². The van der Waals surface area contributed by atoms with Crippen LogP contribution in [0.25, 0.3) is 0 Å². The van der Waals surface area contributed by atoms with Crippen molar-refractivity contribution < 1.29 is 24.7 Å². The Morgan fingerprint density at radius 2 is 1.95 bits per heavy atom. The van der Waals surface area contributed by atoms with Gasteiger partial charge in [-0.25, -0.2) is 5.06 Å². The fourth-order valence-electron chi connectivity index (χ4n) is 1.80. The summed E-state index contributed by atoms with van der Waals surface area (Å²) in [6, 6.07) is 8.02. The molecule has 2 atom stereocenters. The number of nitrogens with one attached hydrogen (secondary N) is 1. The largest absolute Gasteiger partial charge is 0.480 e. The van der Waals surface area contributed by atoms with Gasteiger partial charge in [-0.15, -0.1) is 0 Å². The van der Waals surface area contributed by atoms with Gasteiger partial charge in [-0.1, -0.05) is 30.3 Å². The van der Waals surface area contributed by atoms with Gasteiger partial charge in [0.2, 0.25) is 12.3 Å². The van der Waals surface area contributed by atoms with Gasteiger partial charge in [0.05, 0.1) is 12.5 Å². The molecule has 7 heteroatoms. The fraction of sp³-hybridized carbons (Fsp3) is 0.357. The van der Waals surface area contributed by atoms with Gasteiger partial charge in [0.25, 0.3) is 0 Å². The van der Waals surface area contributed by atoms with Crippen molar-refractivity contribution in [2.45, 2.75) is 19.4 Å². The number of aliphatic carboxylic acids is 1. The molecule has 0 fully saturated rings. The molecule has 0 bridgehead atoms. The number of carboxylic acid groups (broad SMARTS) is 1. The molecule has 3 N–H and O–H groups in total. The van der Waals surface area contributed by atoms with Crippen LogP contribution in [0.3, 0.4) is 0 Å². The van der Waals surface area contributed by atoms with Crippen LogP contribution in [0.2, 0.25) is 0 Å². The molecule has 0 saturated heterocycles. The van der Waals surface area contributed by atoms with Crippen molar-refractivity contribution in [2.24, 2.45) is 5.92 Å². The van der Waals surface area contributed by atoms with Crippen molar-refractivity contribution in [3.05, 3.63) is 35.9 Å². The molecule has 0 radical (unpaired) electrons. The molecule has 7 nitrogen and oxygen atoms in total. The van der Waals surface area contributed by atoms with Gasteiger partial charge in [-0.2, -0.15) is 0 Å². The summed E-state index contributed by atoms with van der Waals surface area (Å²) in [6.45, 7) is 1.13. The number of hydrogen-bond acceptors (Lipinski definition) is 4. The van der Waals surface area contributed by atoms with E-state index < -0.39 is 23.8 Å². The van der Waals surface area contributed by atoms with Crippen molar-refractivity contribution in [3.63, 3.8) is 0 Å². The lowest BCUT2D eigenvalue weighted by Gasteiger charge is -2.21. The quantitative estimate of drug-likeness (QED) is 0.363. The summed E-state index contributed by atoms with van der Waals surface area (Å²) in [7, 11) is 0. The van der Waals surface area contributed by atoms with E-state index in [0.717, 1.165) is 5.56 Å². The first-order chi connectivity index (χ1) is 9.93. The molecule has 1 aromatic rings. The highest BCUT2D eigenvalue weighted by Crippen LogP contribution is 2.10. The van der Waals surface area contributed by atoms with E-state index in [2.05, 4.69) is 5.32 Å². The second-order valence-electron chi connectivity index (χ2n) is 4.68. The van der Waals surface area contributed by atoms with E-state index in [1.54, 1.807) is 12.1 Å². The van der Waals surface area contributed by atoms with Gasteiger partial charge in [0.15, 0.2) is 0 Å². The maximum atomic E-state index is 12.1. The Bertz CT molecular complexity index is 491. The summed E-state index contributed by atoms with van der Waals surface area (Å²) in [6.07, 6.45) is 0.482. The zero-order valence-electron chi connectivity index (χ0n) is 11.6. The van der Waals surface area contributed by atoms with Crippen molar-refractivity contribution >= 4 is 18.3 Å². The number of hydrogen-bond donors (Lipinski definition) is 3. The van der Waals surface area contributed by atoms with Crippen LogP contribution in [0.5, 0.6) is 0 Å². The second-order valence-corrected chi connectivity index (χ2v) is 4.68. The number of carbonyl (C=O) groups is 3. The highest BCUT2D eigenvalue weighted by Gasteiger charge is 2.24. The third kappa shape index (κ3) is 5.62. The molecule has 1 aromatic carbocycles. The second kappa shape index (κ2) is 8.01. The van der Waals surface area contributed by atoms with Crippen LogP contribution >= 0.6 is 0 Å². The Labute approximate surface area is 122 Å². The van der Waals surface area contributed by atoms with E-state index >= 15 is 0 Å². The highest BCUT2D eigenvalue weighted by molar-refractivity contribution is 5.85. The van der Waals surface area contributed by atoms with E-state index in [0.29, 0.717) is 5.06 Å². The summed E-state index contributed by atoms with van der Waals surface area (Å²) in [4.78, 5) is 33.3. The number of rotatable bonds is 8. The molecule has 0 unspecified atom stereocenters. The highest BCUT2D eigenvalue weighted by atomic mass is 16.5. The molecular weight excluding hydrogens is 276 g/mol. The molecule has 0 saturated carbocycles. The van der Waals surface area contributed by atoms with Crippen LogP contribution < -0.4 is 5.32 Å². The van der Waals surface area contributed by atoms with E-state index in [9.17, 15) is 19.6 Å². The van der Waals surface area contributed by atoms with Crippen molar-refractivity contribution in [1.29, 1.82) is 0 Å². The first-order valence-corrected chi connectivity index (χ1v) is 6.42. The lowest BCUT2D eigenvalue weighted by molar-refractivity contribution is -0.155. The van der Waals surface area contributed by atoms with E-state index in [4.69, 9.17) is 5.11 Å². The normalized spacial score (nSPS) is 13.0. The minimum atomic E-state index is -1.15. The van der Waals surface area contributed by atoms with Crippen molar-refractivity contribution in [2.75, 3.05) is 6.54 Å². The van der Waals surface area contributed by atoms with Gasteiger partial charge in [-0.3, -0.25) is 19.6 Å². The predicted molar refractivity (Wildman–Crippen MR) is 73.4 cm³/mol. The zero-order valence-corrected chi connectivity index (χ0v) is 11.6. The molecular formula is C14H18N2O5. The summed E-state index contributed by atoms with van der Waals surface area (Å²) < 4.78 is 0. The third-order valence-corrected chi connectivity index (χ3v) is 2.95. The average Bonchev–Trinajstić information content (AvgIpc) is 2.47. The first kappa shape index (κ1) is 16.6. The lowest BCUT2D eigenvalue weighted by Crippen LogP contribution is -2.45. The standard InChI is InChI=1S/C14H18N2O5/c1-10(14(19)20)15-13(18)12(8-16(21)9-17)7-11-5-3-2-4-6-11/h2-6,9-10,12,21H,7-8H2,1H3,(H,15,18)(H,19,20)/t10-,12-/m0/s1. The maximum absolute atomic E-state index is 12.1. The topological polar surface area (TPSA) is 107 Å². The molecule has 1 rings (SSSR count). The van der Waals surface area contributed by atoms with Crippen LogP contribution in [-0.2, 0) is 20.8 Å². The van der Waals surface area contributed by atoms with Crippen LogP contribution in [0.4, 0.5) is 0 Å². The average molecular weight is 294 g/mol. The molecule has 0 aromatic heterocycles. The smallest absolute Gasteiger partial charge is 0.325 e. The Morgan fingerprint density at radius 3 is 2.48 bits per heavy atom. The van der Waals surface area contributed by atoms with Gasteiger partial charge >= 0.3 is 5.97 Å². The third-order valence-electron chi connectivity index (χ3n) is 2.95. The first-order valence-electron chi connectivity index (χ1n) is 6.42. The Balaban J connectivity index is 2.78. The number of benzene rings is 1. The molecule has 0 aliphatic heterocycles. The van der Waals surface area contributed by atoms with Crippen molar-refractivity contribution in [3.8, 4) is 0 Å². The lowest BCUT2D eigenvalue weighted by atomic mass is 9.98. The summed E-state index contributed by atoms with van der Waals surface area (Å²) in [5.74, 6) is -2.43. The zero-order chi connectivity index (χ0) is 15.8. The summed E-state index contributed by atoms with van der Waals surface area (Å²) >= 11 is 0. The minimum Gasteiger partial charge on any atom is -0.480 e. The molecule has 2 amide bonds. The Kier molecular flexibility index (Phi) is 6.35. The molecule has 114 valence electrons. The summed E-state index contributed by atoms with van der Waals surface area (Å²) in [5.41, 5.74) is 0.847. The molecule has 21 heavy (non-hydrogen) atoms. The van der Waals surface area contributed by atoms with Gasteiger partial charge in [0, 0.05) is 0 Å². The molecule has 0 aliphatic rings. The van der Waals surface area contributed by atoms with E-state index in [-0.39, 0.29) is 19.4 Å². The minimum absolute atomic E-state index is 0.200. The number of nitrogens with zero attached hydrogens (tertiary/aromatic N) is 1. The van der Waals surface area contributed by atoms with Gasteiger partial charge in [0.1, 0.15) is 6.04 Å². The van der Waals surface area contributed by atoms with E-state index in [1.165, 1.54) is 6.92 Å².